The molecule has 2 aromatic rings. The van der Waals surface area contributed by atoms with Crippen LogP contribution >= 0.6 is 11.8 Å². The third kappa shape index (κ3) is 6.29. The van der Waals surface area contributed by atoms with E-state index in [9.17, 15) is 4.79 Å². The predicted octanol–water partition coefficient (Wildman–Crippen LogP) is 3.16. The SMILES string of the molecule is O=C1CC(CN=C(NCCSc2ccccc2)NCCc2ccco2)CN1C1CC1. The largest absolute Gasteiger partial charge is 0.469 e. The van der Waals surface area contributed by atoms with Gasteiger partial charge < -0.3 is 20.0 Å². The van der Waals surface area contributed by atoms with Crippen molar-refractivity contribution < 1.29 is 9.21 Å². The van der Waals surface area contributed by atoms with Gasteiger partial charge in [0.1, 0.15) is 5.76 Å². The Morgan fingerprint density at radius 2 is 1.97 bits per heavy atom. The van der Waals surface area contributed by atoms with Gasteiger partial charge >= 0.3 is 0 Å². The zero-order valence-corrected chi connectivity index (χ0v) is 18.1. The maximum Gasteiger partial charge on any atom is 0.223 e. The number of furan rings is 1. The lowest BCUT2D eigenvalue weighted by molar-refractivity contribution is -0.128. The number of carbonyl (C=O) groups is 1. The third-order valence-corrected chi connectivity index (χ3v) is 6.40. The zero-order valence-electron chi connectivity index (χ0n) is 17.3. The van der Waals surface area contributed by atoms with E-state index in [0.29, 0.717) is 30.8 Å². The summed E-state index contributed by atoms with van der Waals surface area (Å²) in [6.07, 6.45) is 5.48. The number of likely N-dealkylation sites (tertiary alicyclic amines) is 1. The summed E-state index contributed by atoms with van der Waals surface area (Å²) in [5.74, 6) is 3.36. The van der Waals surface area contributed by atoms with Crippen LogP contribution in [-0.2, 0) is 11.2 Å². The monoisotopic (exact) mass is 426 g/mol. The van der Waals surface area contributed by atoms with E-state index < -0.39 is 0 Å². The number of amides is 1. The number of guanidine groups is 1. The van der Waals surface area contributed by atoms with Crippen molar-refractivity contribution in [3.63, 3.8) is 0 Å². The van der Waals surface area contributed by atoms with Gasteiger partial charge in [-0.1, -0.05) is 18.2 Å². The van der Waals surface area contributed by atoms with Gasteiger partial charge in [-0.05, 0) is 37.1 Å². The Labute approximate surface area is 182 Å². The lowest BCUT2D eigenvalue weighted by Gasteiger charge is -2.15. The highest BCUT2D eigenvalue weighted by atomic mass is 32.2. The van der Waals surface area contributed by atoms with Crippen molar-refractivity contribution in [2.24, 2.45) is 10.9 Å². The molecule has 1 unspecified atom stereocenters. The van der Waals surface area contributed by atoms with Crippen LogP contribution in [0.2, 0.25) is 0 Å². The molecule has 0 bridgehead atoms. The molecule has 160 valence electrons. The molecule has 1 aromatic heterocycles. The Bertz CT molecular complexity index is 821. The summed E-state index contributed by atoms with van der Waals surface area (Å²) in [5, 5.41) is 6.85. The van der Waals surface area contributed by atoms with Gasteiger partial charge in [0.2, 0.25) is 5.91 Å². The molecule has 1 aliphatic heterocycles. The van der Waals surface area contributed by atoms with Crippen molar-refractivity contribution in [2.45, 2.75) is 36.6 Å². The minimum Gasteiger partial charge on any atom is -0.469 e. The lowest BCUT2D eigenvalue weighted by Crippen LogP contribution is -2.40. The summed E-state index contributed by atoms with van der Waals surface area (Å²) in [6, 6.07) is 14.8. The van der Waals surface area contributed by atoms with Crippen molar-refractivity contribution in [3.05, 3.63) is 54.5 Å². The second kappa shape index (κ2) is 10.6. The van der Waals surface area contributed by atoms with Crippen LogP contribution in [0.3, 0.4) is 0 Å². The summed E-state index contributed by atoms with van der Waals surface area (Å²) >= 11 is 1.83. The number of nitrogens with one attached hydrogen (secondary N) is 2. The molecule has 2 fully saturated rings. The van der Waals surface area contributed by atoms with Crippen LogP contribution in [0.4, 0.5) is 0 Å². The first-order valence-electron chi connectivity index (χ1n) is 10.8. The van der Waals surface area contributed by atoms with E-state index in [1.54, 1.807) is 6.26 Å². The Balaban J connectivity index is 1.25. The van der Waals surface area contributed by atoms with Gasteiger partial charge in [0.25, 0.3) is 0 Å². The molecule has 1 atom stereocenters. The predicted molar refractivity (Wildman–Crippen MR) is 121 cm³/mol. The molecular formula is C23H30N4O2S. The van der Waals surface area contributed by atoms with E-state index in [2.05, 4.69) is 39.8 Å². The molecule has 6 nitrogen and oxygen atoms in total. The maximum atomic E-state index is 12.2. The fourth-order valence-electron chi connectivity index (χ4n) is 3.68. The van der Waals surface area contributed by atoms with Crippen LogP contribution in [0.15, 0.2) is 63.0 Å². The highest BCUT2D eigenvalue weighted by molar-refractivity contribution is 7.99. The average molecular weight is 427 g/mol. The second-order valence-electron chi connectivity index (χ2n) is 7.88. The topological polar surface area (TPSA) is 69.9 Å². The molecular weight excluding hydrogens is 396 g/mol. The summed E-state index contributed by atoms with van der Waals surface area (Å²) in [6.45, 7) is 3.11. The van der Waals surface area contributed by atoms with E-state index in [-0.39, 0.29) is 0 Å². The number of thioether (sulfide) groups is 1. The summed E-state index contributed by atoms with van der Waals surface area (Å²) in [7, 11) is 0. The third-order valence-electron chi connectivity index (χ3n) is 5.38. The van der Waals surface area contributed by atoms with Crippen molar-refractivity contribution in [1.29, 1.82) is 0 Å². The Morgan fingerprint density at radius 1 is 1.13 bits per heavy atom. The fourth-order valence-corrected chi connectivity index (χ4v) is 4.47. The van der Waals surface area contributed by atoms with Gasteiger partial charge in [-0.25, -0.2) is 0 Å². The average Bonchev–Trinajstić information content (AvgIpc) is 3.34. The van der Waals surface area contributed by atoms with Crippen LogP contribution in [0.25, 0.3) is 0 Å². The molecule has 0 spiro atoms. The summed E-state index contributed by atoms with van der Waals surface area (Å²) in [4.78, 5) is 20.3. The van der Waals surface area contributed by atoms with Crippen molar-refractivity contribution in [3.8, 4) is 0 Å². The Morgan fingerprint density at radius 3 is 2.73 bits per heavy atom. The molecule has 0 radical (unpaired) electrons. The second-order valence-corrected chi connectivity index (χ2v) is 9.05. The highest BCUT2D eigenvalue weighted by Gasteiger charge is 2.39. The standard InChI is InChI=1S/C23H30N4O2S/c28-22-15-18(17-27(22)19-8-9-19)16-26-23(24-11-10-20-5-4-13-29-20)25-12-14-30-21-6-2-1-3-7-21/h1-7,13,18-19H,8-12,14-17H2,(H2,24,25,26). The van der Waals surface area contributed by atoms with Crippen LogP contribution < -0.4 is 10.6 Å². The van der Waals surface area contributed by atoms with Gasteiger partial charge in [-0.15, -0.1) is 11.8 Å². The van der Waals surface area contributed by atoms with Crippen LogP contribution in [-0.4, -0.2) is 54.7 Å². The van der Waals surface area contributed by atoms with Gasteiger partial charge in [-0.2, -0.15) is 0 Å². The van der Waals surface area contributed by atoms with Crippen molar-refractivity contribution in [1.82, 2.24) is 15.5 Å². The number of aliphatic imine (C=N–C) groups is 1. The van der Waals surface area contributed by atoms with Gasteiger partial charge in [0, 0.05) is 61.6 Å². The molecule has 1 aliphatic carbocycles. The highest BCUT2D eigenvalue weighted by Crippen LogP contribution is 2.32. The zero-order chi connectivity index (χ0) is 20.6. The lowest BCUT2D eigenvalue weighted by atomic mass is 10.1. The smallest absolute Gasteiger partial charge is 0.223 e. The molecule has 1 saturated heterocycles. The molecule has 7 heteroatoms. The normalized spacial score (nSPS) is 19.3. The number of benzene rings is 1. The number of nitrogens with zero attached hydrogens (tertiary/aromatic N) is 2. The molecule has 1 aromatic carbocycles. The number of rotatable bonds is 10. The van der Waals surface area contributed by atoms with Crippen molar-refractivity contribution >= 4 is 23.6 Å². The van der Waals surface area contributed by atoms with Crippen LogP contribution in [0.1, 0.15) is 25.0 Å². The molecule has 2 aliphatic rings. The fraction of sp³-hybridized carbons (Fsp3) is 0.478. The number of hydrogen-bond donors (Lipinski definition) is 2. The van der Waals surface area contributed by atoms with E-state index in [0.717, 1.165) is 43.5 Å². The van der Waals surface area contributed by atoms with Crippen molar-refractivity contribution in [2.75, 3.05) is 31.9 Å². The first-order chi connectivity index (χ1) is 14.8. The molecule has 1 saturated carbocycles. The minimum absolute atomic E-state index is 0.303. The van der Waals surface area contributed by atoms with E-state index in [4.69, 9.17) is 9.41 Å². The quantitative estimate of drug-likeness (QED) is 0.264. The van der Waals surface area contributed by atoms with E-state index in [1.807, 2.05) is 30.0 Å². The van der Waals surface area contributed by atoms with Crippen LogP contribution in [0.5, 0.6) is 0 Å². The Hall–Kier alpha value is -2.41. The molecule has 2 N–H and O–H groups in total. The van der Waals surface area contributed by atoms with E-state index >= 15 is 0 Å². The van der Waals surface area contributed by atoms with Gasteiger partial charge in [0.05, 0.1) is 6.26 Å². The molecule has 30 heavy (non-hydrogen) atoms. The minimum atomic E-state index is 0.303. The van der Waals surface area contributed by atoms with Gasteiger partial charge in [-0.3, -0.25) is 9.79 Å². The first-order valence-corrected chi connectivity index (χ1v) is 11.8. The maximum absolute atomic E-state index is 12.2. The van der Waals surface area contributed by atoms with E-state index in [1.165, 1.54) is 17.7 Å². The Kier molecular flexibility index (Phi) is 7.34. The molecule has 2 heterocycles. The number of hydrogen-bond acceptors (Lipinski definition) is 4. The molecule has 1 amide bonds. The van der Waals surface area contributed by atoms with Crippen LogP contribution in [0, 0.1) is 5.92 Å². The number of carbonyl (C=O) groups excluding carboxylic acids is 1. The summed E-state index contributed by atoms with van der Waals surface area (Å²) in [5.41, 5.74) is 0. The summed E-state index contributed by atoms with van der Waals surface area (Å²) < 4.78 is 5.41. The van der Waals surface area contributed by atoms with Gasteiger partial charge in [0.15, 0.2) is 5.96 Å². The molecule has 4 rings (SSSR count). The first kappa shape index (κ1) is 20.8.